The van der Waals surface area contributed by atoms with E-state index in [0.29, 0.717) is 12.5 Å². The number of fused-ring (bicyclic) bond motifs is 1. The van der Waals surface area contributed by atoms with E-state index in [-0.39, 0.29) is 0 Å². The lowest BCUT2D eigenvalue weighted by Gasteiger charge is -2.36. The lowest BCUT2D eigenvalue weighted by Crippen LogP contribution is -2.49. The Kier molecular flexibility index (Phi) is 4.76. The lowest BCUT2D eigenvalue weighted by molar-refractivity contribution is -0.184. The van der Waals surface area contributed by atoms with Gasteiger partial charge in [0.2, 0.25) is 0 Å². The van der Waals surface area contributed by atoms with Crippen LogP contribution in [0.25, 0.3) is 0 Å². The third-order valence-corrected chi connectivity index (χ3v) is 4.90. The molecular formula is C18H29NO2. The van der Waals surface area contributed by atoms with Crippen molar-refractivity contribution < 1.29 is 9.94 Å². The first-order valence-electron chi connectivity index (χ1n) is 7.95. The van der Waals surface area contributed by atoms with E-state index in [0.717, 1.165) is 0 Å². The second-order valence-corrected chi connectivity index (χ2v) is 7.32. The van der Waals surface area contributed by atoms with E-state index in [2.05, 4.69) is 30.6 Å². The van der Waals surface area contributed by atoms with Crippen LogP contribution >= 0.6 is 0 Å². The van der Waals surface area contributed by atoms with Crippen LogP contribution in [-0.2, 0) is 17.8 Å². The summed E-state index contributed by atoms with van der Waals surface area (Å²) in [5.41, 5.74) is 5.68. The molecule has 2 N–H and O–H groups in total. The zero-order valence-corrected chi connectivity index (χ0v) is 14.0. The summed E-state index contributed by atoms with van der Waals surface area (Å²) >= 11 is 0. The molecular weight excluding hydrogens is 262 g/mol. The third-order valence-electron chi connectivity index (χ3n) is 4.90. The highest BCUT2D eigenvalue weighted by molar-refractivity contribution is 5.36. The molecule has 3 heteroatoms. The number of rotatable bonds is 5. The maximum absolute atomic E-state index is 10.1. The molecule has 0 amide bonds. The Morgan fingerprint density at radius 3 is 2.67 bits per heavy atom. The van der Waals surface area contributed by atoms with Crippen molar-refractivity contribution in [2.75, 3.05) is 0 Å². The maximum atomic E-state index is 10.1. The number of nitrogens with one attached hydrogen (secondary N) is 1. The first-order chi connectivity index (χ1) is 9.71. The fourth-order valence-corrected chi connectivity index (χ4v) is 2.65. The number of hydrogen-bond donors (Lipinski definition) is 2. The molecule has 1 atom stereocenters. The van der Waals surface area contributed by atoms with Crippen LogP contribution in [0.15, 0.2) is 18.2 Å². The molecule has 0 spiro atoms. The van der Waals surface area contributed by atoms with Crippen LogP contribution in [0.4, 0.5) is 0 Å². The standard InChI is InChI=1S/C18H29NO2/c1-13-7-6-8-15-11-14(9-10-16(13)15)12-19-21-18(4,5)17(2,3)20/h9-11,13,19-20H,6-8,12H2,1-5H3. The summed E-state index contributed by atoms with van der Waals surface area (Å²) in [4.78, 5) is 5.66. The smallest absolute Gasteiger partial charge is 0.112 e. The molecule has 0 heterocycles. The van der Waals surface area contributed by atoms with Gasteiger partial charge in [-0.05, 0) is 69.6 Å². The second kappa shape index (κ2) is 6.07. The van der Waals surface area contributed by atoms with Gasteiger partial charge in [-0.3, -0.25) is 4.84 Å². The van der Waals surface area contributed by atoms with Crippen LogP contribution in [0.5, 0.6) is 0 Å². The molecule has 1 aromatic rings. The summed E-state index contributed by atoms with van der Waals surface area (Å²) in [6, 6.07) is 6.73. The summed E-state index contributed by atoms with van der Waals surface area (Å²) in [7, 11) is 0. The zero-order valence-electron chi connectivity index (χ0n) is 14.0. The van der Waals surface area contributed by atoms with Crippen molar-refractivity contribution in [3.8, 4) is 0 Å². The van der Waals surface area contributed by atoms with Crippen molar-refractivity contribution in [3.63, 3.8) is 0 Å². The van der Waals surface area contributed by atoms with Crippen LogP contribution in [0.1, 0.15) is 70.1 Å². The van der Waals surface area contributed by atoms with E-state index >= 15 is 0 Å². The average Bonchev–Trinajstić information content (AvgIpc) is 2.37. The van der Waals surface area contributed by atoms with Crippen molar-refractivity contribution in [1.82, 2.24) is 5.48 Å². The maximum Gasteiger partial charge on any atom is 0.112 e. The summed E-state index contributed by atoms with van der Waals surface area (Å²) in [5.74, 6) is 0.682. The molecule has 0 radical (unpaired) electrons. The van der Waals surface area contributed by atoms with Gasteiger partial charge >= 0.3 is 0 Å². The van der Waals surface area contributed by atoms with E-state index < -0.39 is 11.2 Å². The Hall–Kier alpha value is -0.900. The van der Waals surface area contributed by atoms with Gasteiger partial charge in [-0.1, -0.05) is 25.1 Å². The number of benzene rings is 1. The molecule has 0 fully saturated rings. The van der Waals surface area contributed by atoms with Gasteiger partial charge in [-0.15, -0.1) is 0 Å². The molecule has 21 heavy (non-hydrogen) atoms. The molecule has 1 aliphatic carbocycles. The molecule has 3 nitrogen and oxygen atoms in total. The molecule has 2 rings (SSSR count). The average molecular weight is 291 g/mol. The number of hydrogen-bond acceptors (Lipinski definition) is 3. The number of aryl methyl sites for hydroxylation is 1. The van der Waals surface area contributed by atoms with E-state index in [1.54, 1.807) is 13.8 Å². The third kappa shape index (κ3) is 3.85. The summed E-state index contributed by atoms with van der Waals surface area (Å²) < 4.78 is 0. The summed E-state index contributed by atoms with van der Waals surface area (Å²) in [5, 5.41) is 10.1. The molecule has 118 valence electrons. The van der Waals surface area contributed by atoms with Crippen molar-refractivity contribution >= 4 is 0 Å². The molecule has 0 saturated carbocycles. The Bertz CT molecular complexity index is 488. The molecule has 0 bridgehead atoms. The van der Waals surface area contributed by atoms with Gasteiger partial charge in [0.25, 0.3) is 0 Å². The van der Waals surface area contributed by atoms with Crippen LogP contribution in [0.3, 0.4) is 0 Å². The second-order valence-electron chi connectivity index (χ2n) is 7.32. The van der Waals surface area contributed by atoms with E-state index in [1.807, 2.05) is 13.8 Å². The first-order valence-corrected chi connectivity index (χ1v) is 7.95. The van der Waals surface area contributed by atoms with Gasteiger partial charge in [0.1, 0.15) is 5.60 Å². The van der Waals surface area contributed by atoms with Crippen molar-refractivity contribution in [2.24, 2.45) is 0 Å². The fourth-order valence-electron chi connectivity index (χ4n) is 2.65. The van der Waals surface area contributed by atoms with Crippen LogP contribution in [0.2, 0.25) is 0 Å². The number of hydroxylamine groups is 1. The zero-order chi connectivity index (χ0) is 15.7. The van der Waals surface area contributed by atoms with Gasteiger partial charge in [0.05, 0.1) is 5.60 Å². The van der Waals surface area contributed by atoms with Gasteiger partial charge in [0.15, 0.2) is 0 Å². The topological polar surface area (TPSA) is 41.5 Å². The molecule has 0 saturated heterocycles. The lowest BCUT2D eigenvalue weighted by atomic mass is 9.83. The SMILES string of the molecule is CC1CCCc2cc(CNOC(C)(C)C(C)(C)O)ccc21. The van der Waals surface area contributed by atoms with E-state index in [9.17, 15) is 5.11 Å². The Morgan fingerprint density at radius 2 is 2.00 bits per heavy atom. The Morgan fingerprint density at radius 1 is 1.29 bits per heavy atom. The molecule has 1 unspecified atom stereocenters. The molecule has 1 aliphatic rings. The molecule has 0 aromatic heterocycles. The summed E-state index contributed by atoms with van der Waals surface area (Å²) in [6.45, 7) is 10.2. The minimum Gasteiger partial charge on any atom is -0.387 e. The highest BCUT2D eigenvalue weighted by Gasteiger charge is 2.36. The van der Waals surface area contributed by atoms with E-state index in [1.165, 1.54) is 36.0 Å². The predicted octanol–water partition coefficient (Wildman–Crippen LogP) is 3.70. The summed E-state index contributed by atoms with van der Waals surface area (Å²) in [6.07, 6.45) is 3.77. The highest BCUT2D eigenvalue weighted by Crippen LogP contribution is 2.31. The van der Waals surface area contributed by atoms with Crippen molar-refractivity contribution in [3.05, 3.63) is 34.9 Å². The van der Waals surface area contributed by atoms with Gasteiger partial charge in [-0.2, -0.15) is 5.48 Å². The van der Waals surface area contributed by atoms with Crippen molar-refractivity contribution in [2.45, 2.75) is 77.5 Å². The van der Waals surface area contributed by atoms with Crippen LogP contribution in [-0.4, -0.2) is 16.3 Å². The predicted molar refractivity (Wildman–Crippen MR) is 86.1 cm³/mol. The molecule has 1 aromatic carbocycles. The quantitative estimate of drug-likeness (QED) is 0.813. The van der Waals surface area contributed by atoms with Gasteiger partial charge in [-0.25, -0.2) is 0 Å². The fraction of sp³-hybridized carbons (Fsp3) is 0.667. The highest BCUT2D eigenvalue weighted by atomic mass is 16.7. The minimum atomic E-state index is -0.898. The largest absolute Gasteiger partial charge is 0.387 e. The first kappa shape index (κ1) is 16.5. The van der Waals surface area contributed by atoms with E-state index in [4.69, 9.17) is 4.84 Å². The normalized spacial score (nSPS) is 19.4. The van der Waals surface area contributed by atoms with Crippen molar-refractivity contribution in [1.29, 1.82) is 0 Å². The Labute approximate surface area is 128 Å². The minimum absolute atomic E-state index is 0.643. The van der Waals surface area contributed by atoms with Crippen LogP contribution < -0.4 is 5.48 Å². The molecule has 0 aliphatic heterocycles. The Balaban J connectivity index is 1.96. The monoisotopic (exact) mass is 291 g/mol. The van der Waals surface area contributed by atoms with Gasteiger partial charge in [0, 0.05) is 6.54 Å². The van der Waals surface area contributed by atoms with Gasteiger partial charge < -0.3 is 5.11 Å². The number of aliphatic hydroxyl groups is 1. The van der Waals surface area contributed by atoms with Crippen LogP contribution in [0, 0.1) is 0 Å².